The number of carbonyl (C=O) groups excluding carboxylic acids is 1. The van der Waals surface area contributed by atoms with Crippen molar-refractivity contribution in [2.24, 2.45) is 0 Å². The van der Waals surface area contributed by atoms with Crippen LogP contribution in [0.25, 0.3) is 10.2 Å². The van der Waals surface area contributed by atoms with Crippen molar-refractivity contribution in [1.29, 1.82) is 0 Å². The number of hydrogen-bond acceptors (Lipinski definition) is 8. The summed E-state index contributed by atoms with van der Waals surface area (Å²) in [6, 6.07) is 10.4. The lowest BCUT2D eigenvalue weighted by Gasteiger charge is -2.26. The molecule has 11 heteroatoms. The molecule has 1 N–H and O–H groups in total. The molecule has 0 atom stereocenters. The van der Waals surface area contributed by atoms with Gasteiger partial charge in [-0.15, -0.1) is 11.3 Å². The minimum absolute atomic E-state index is 0.0341. The van der Waals surface area contributed by atoms with Gasteiger partial charge in [-0.3, -0.25) is 4.79 Å². The molecule has 1 saturated heterocycles. The molecular weight excluding hydrogens is 470 g/mol. The highest BCUT2D eigenvalue weighted by Gasteiger charge is 2.29. The van der Waals surface area contributed by atoms with Crippen LogP contribution in [0.15, 0.2) is 45.6 Å². The summed E-state index contributed by atoms with van der Waals surface area (Å²) < 4.78 is 40.2. The maximum atomic E-state index is 13.1. The number of sulfonamides is 1. The van der Waals surface area contributed by atoms with Crippen molar-refractivity contribution >= 4 is 54.9 Å². The predicted molar refractivity (Wildman–Crippen MR) is 126 cm³/mol. The molecule has 1 aromatic heterocycles. The average Bonchev–Trinajstić information content (AvgIpc) is 3.22. The molecule has 1 aliphatic rings. The van der Waals surface area contributed by atoms with Gasteiger partial charge in [0.15, 0.2) is 4.34 Å². The summed E-state index contributed by atoms with van der Waals surface area (Å²) in [5.41, 5.74) is 2.15. The third-order valence-electron chi connectivity index (χ3n) is 5.01. The van der Waals surface area contributed by atoms with Crippen molar-refractivity contribution in [1.82, 2.24) is 9.29 Å². The molecule has 170 valence electrons. The second-order valence-electron chi connectivity index (χ2n) is 7.09. The SMILES string of the molecule is COc1ccc(CC(=O)Nc2ccc3nc(SC)sc3c2)cc1S(=O)(=O)N1CCOCC1. The minimum Gasteiger partial charge on any atom is -0.495 e. The van der Waals surface area contributed by atoms with E-state index in [1.54, 1.807) is 35.2 Å². The summed E-state index contributed by atoms with van der Waals surface area (Å²) in [4.78, 5) is 17.2. The van der Waals surface area contributed by atoms with Gasteiger partial charge in [0.2, 0.25) is 15.9 Å². The largest absolute Gasteiger partial charge is 0.495 e. The summed E-state index contributed by atoms with van der Waals surface area (Å²) in [6.07, 6.45) is 2.01. The second kappa shape index (κ2) is 9.75. The lowest BCUT2D eigenvalue weighted by molar-refractivity contribution is -0.115. The molecule has 0 aliphatic carbocycles. The first-order valence-corrected chi connectivity index (χ1v) is 13.4. The Kier molecular flexibility index (Phi) is 7.01. The van der Waals surface area contributed by atoms with Crippen LogP contribution in [0.5, 0.6) is 5.75 Å². The Morgan fingerprint density at radius 2 is 2.03 bits per heavy atom. The van der Waals surface area contributed by atoms with Gasteiger partial charge in [0.05, 0.1) is 37.0 Å². The summed E-state index contributed by atoms with van der Waals surface area (Å²) in [5, 5.41) is 2.89. The maximum absolute atomic E-state index is 13.1. The van der Waals surface area contributed by atoms with Crippen molar-refractivity contribution in [2.75, 3.05) is 45.0 Å². The van der Waals surface area contributed by atoms with Crippen LogP contribution in [0.3, 0.4) is 0 Å². The highest BCUT2D eigenvalue weighted by molar-refractivity contribution is 8.00. The normalized spacial score (nSPS) is 15.1. The van der Waals surface area contributed by atoms with Gasteiger partial charge in [-0.1, -0.05) is 17.8 Å². The Hall–Kier alpha value is -2.18. The Bertz CT molecular complexity index is 1240. The lowest BCUT2D eigenvalue weighted by Crippen LogP contribution is -2.40. The number of rotatable bonds is 7. The predicted octanol–water partition coefficient (Wildman–Crippen LogP) is 3.23. The van der Waals surface area contributed by atoms with Crippen molar-refractivity contribution in [3.8, 4) is 5.75 Å². The molecule has 3 aromatic rings. The quantitative estimate of drug-likeness (QED) is 0.505. The first-order chi connectivity index (χ1) is 15.4. The van der Waals surface area contributed by atoms with Gasteiger partial charge in [0, 0.05) is 18.8 Å². The molecule has 1 amide bonds. The number of methoxy groups -OCH3 is 1. The highest BCUT2D eigenvalue weighted by Crippen LogP contribution is 2.31. The number of ether oxygens (including phenoxy) is 2. The van der Waals surface area contributed by atoms with E-state index in [9.17, 15) is 13.2 Å². The third-order valence-corrected chi connectivity index (χ3v) is 8.93. The van der Waals surface area contributed by atoms with Gasteiger partial charge in [0.25, 0.3) is 0 Å². The fraction of sp³-hybridized carbons (Fsp3) is 0.333. The highest BCUT2D eigenvalue weighted by atomic mass is 32.2. The topological polar surface area (TPSA) is 97.8 Å². The summed E-state index contributed by atoms with van der Waals surface area (Å²) >= 11 is 3.15. The number of thiazole rings is 1. The van der Waals surface area contributed by atoms with E-state index in [0.29, 0.717) is 24.5 Å². The molecule has 2 heterocycles. The molecule has 0 saturated carbocycles. The molecule has 0 bridgehead atoms. The van der Waals surface area contributed by atoms with Crippen molar-refractivity contribution in [3.05, 3.63) is 42.0 Å². The van der Waals surface area contributed by atoms with Crippen LogP contribution in [0, 0.1) is 0 Å². The van der Waals surface area contributed by atoms with Crippen LogP contribution in [0.4, 0.5) is 5.69 Å². The van der Waals surface area contributed by atoms with Crippen LogP contribution in [-0.4, -0.2) is 63.3 Å². The molecule has 8 nitrogen and oxygen atoms in total. The number of anilines is 1. The third kappa shape index (κ3) is 4.91. The Morgan fingerprint density at radius 1 is 1.25 bits per heavy atom. The number of nitrogens with one attached hydrogen (secondary N) is 1. The number of fused-ring (bicyclic) bond motifs is 1. The lowest BCUT2D eigenvalue weighted by atomic mass is 10.1. The van der Waals surface area contributed by atoms with E-state index in [1.807, 2.05) is 24.5 Å². The van der Waals surface area contributed by atoms with E-state index >= 15 is 0 Å². The van der Waals surface area contributed by atoms with E-state index in [4.69, 9.17) is 9.47 Å². The maximum Gasteiger partial charge on any atom is 0.246 e. The second-order valence-corrected chi connectivity index (χ2v) is 11.1. The van der Waals surface area contributed by atoms with Crippen LogP contribution < -0.4 is 10.1 Å². The molecule has 0 spiro atoms. The van der Waals surface area contributed by atoms with Gasteiger partial charge in [-0.25, -0.2) is 13.4 Å². The van der Waals surface area contributed by atoms with Crippen LogP contribution >= 0.6 is 23.1 Å². The molecule has 0 radical (unpaired) electrons. The number of hydrogen-bond donors (Lipinski definition) is 1. The van der Waals surface area contributed by atoms with Crippen LogP contribution in [0.1, 0.15) is 5.56 Å². The van der Waals surface area contributed by atoms with E-state index < -0.39 is 10.0 Å². The first-order valence-electron chi connectivity index (χ1n) is 9.90. The fourth-order valence-electron chi connectivity index (χ4n) is 3.42. The van der Waals surface area contributed by atoms with Crippen molar-refractivity contribution in [3.63, 3.8) is 0 Å². The Balaban J connectivity index is 1.52. The van der Waals surface area contributed by atoms with Gasteiger partial charge < -0.3 is 14.8 Å². The summed E-state index contributed by atoms with van der Waals surface area (Å²) in [5.74, 6) is 0.0136. The monoisotopic (exact) mass is 493 g/mol. The Labute approximate surface area is 195 Å². The summed E-state index contributed by atoms with van der Waals surface area (Å²) in [6.45, 7) is 1.28. The smallest absolute Gasteiger partial charge is 0.246 e. The zero-order valence-corrected chi connectivity index (χ0v) is 20.1. The van der Waals surface area contributed by atoms with Gasteiger partial charge >= 0.3 is 0 Å². The van der Waals surface area contributed by atoms with Crippen molar-refractivity contribution in [2.45, 2.75) is 15.7 Å². The number of thioether (sulfide) groups is 1. The van der Waals surface area contributed by atoms with Gasteiger partial charge in [-0.2, -0.15) is 4.31 Å². The fourth-order valence-corrected chi connectivity index (χ4v) is 6.56. The number of nitrogens with zero attached hydrogens (tertiary/aromatic N) is 2. The van der Waals surface area contributed by atoms with E-state index in [2.05, 4.69) is 10.3 Å². The number of benzene rings is 2. The van der Waals surface area contributed by atoms with Gasteiger partial charge in [0.1, 0.15) is 10.6 Å². The van der Waals surface area contributed by atoms with Crippen LogP contribution in [0.2, 0.25) is 0 Å². The number of carbonyl (C=O) groups is 1. The molecule has 1 aliphatic heterocycles. The molecular formula is C21H23N3O5S3. The van der Waals surface area contributed by atoms with E-state index in [-0.39, 0.29) is 36.1 Å². The molecule has 4 rings (SSSR count). The van der Waals surface area contributed by atoms with Crippen molar-refractivity contribution < 1.29 is 22.7 Å². The molecule has 0 unspecified atom stereocenters. The summed E-state index contributed by atoms with van der Waals surface area (Å²) in [7, 11) is -2.33. The average molecular weight is 494 g/mol. The Morgan fingerprint density at radius 3 is 2.75 bits per heavy atom. The zero-order chi connectivity index (χ0) is 22.7. The minimum atomic E-state index is -3.76. The van der Waals surface area contributed by atoms with E-state index in [0.717, 1.165) is 14.6 Å². The first kappa shape index (κ1) is 23.0. The molecule has 1 fully saturated rings. The number of amides is 1. The van der Waals surface area contributed by atoms with Crippen LogP contribution in [-0.2, 0) is 26.0 Å². The number of morpholine rings is 1. The standard InChI is InChI=1S/C21H23N3O5S3/c1-28-17-6-3-14(11-19(17)32(26,27)24-7-9-29-10-8-24)12-20(25)22-15-4-5-16-18(13-15)31-21(23-16)30-2/h3-6,11,13H,7-10,12H2,1-2H3,(H,22,25). The molecule has 2 aromatic carbocycles. The molecule has 32 heavy (non-hydrogen) atoms. The zero-order valence-electron chi connectivity index (χ0n) is 17.7. The van der Waals surface area contributed by atoms with Gasteiger partial charge in [-0.05, 0) is 42.2 Å². The van der Waals surface area contributed by atoms with E-state index in [1.165, 1.54) is 17.5 Å². The number of aromatic nitrogens is 1.